The van der Waals surface area contributed by atoms with Crippen LogP contribution in [-0.2, 0) is 6.54 Å². The van der Waals surface area contributed by atoms with Crippen LogP contribution in [0.4, 0.5) is 5.69 Å². The number of hydrogen-bond acceptors (Lipinski definition) is 3. The highest BCUT2D eigenvalue weighted by atomic mass is 35.5. The second kappa shape index (κ2) is 7.04. The van der Waals surface area contributed by atoms with Gasteiger partial charge in [-0.05, 0) is 49.9 Å². The Kier molecular flexibility index (Phi) is 5.38. The number of benzene rings is 1. The van der Waals surface area contributed by atoms with Crippen molar-refractivity contribution in [1.82, 2.24) is 4.90 Å². The van der Waals surface area contributed by atoms with Gasteiger partial charge in [-0.25, -0.2) is 0 Å². The molecule has 1 aliphatic rings. The van der Waals surface area contributed by atoms with E-state index in [4.69, 9.17) is 11.6 Å². The van der Waals surface area contributed by atoms with Gasteiger partial charge >= 0.3 is 0 Å². The maximum atomic E-state index is 10.8. The zero-order valence-corrected chi connectivity index (χ0v) is 12.6. The van der Waals surface area contributed by atoms with Crippen LogP contribution in [0.1, 0.15) is 38.2 Å². The van der Waals surface area contributed by atoms with Gasteiger partial charge in [0, 0.05) is 23.7 Å². The molecule has 1 saturated heterocycles. The fourth-order valence-electron chi connectivity index (χ4n) is 2.83. The van der Waals surface area contributed by atoms with Crippen molar-refractivity contribution in [1.29, 1.82) is 0 Å². The van der Waals surface area contributed by atoms with Crippen LogP contribution in [0.3, 0.4) is 0 Å². The Bertz CT molecular complexity index is 479. The number of likely N-dealkylation sites (tertiary alicyclic amines) is 1. The molecule has 1 aromatic rings. The molecule has 4 nitrogen and oxygen atoms in total. The second-order valence-electron chi connectivity index (χ2n) is 5.51. The van der Waals surface area contributed by atoms with E-state index in [9.17, 15) is 10.1 Å². The SMILES string of the molecule is CCC1CCCN(Cc2cc([N+](=O)[O-])ccc2Cl)CC1. The van der Waals surface area contributed by atoms with E-state index in [2.05, 4.69) is 11.8 Å². The van der Waals surface area contributed by atoms with Crippen LogP contribution in [0.5, 0.6) is 0 Å². The maximum Gasteiger partial charge on any atom is 0.269 e. The highest BCUT2D eigenvalue weighted by Gasteiger charge is 2.18. The fourth-order valence-corrected chi connectivity index (χ4v) is 3.01. The van der Waals surface area contributed by atoms with E-state index >= 15 is 0 Å². The zero-order chi connectivity index (χ0) is 14.5. The molecule has 110 valence electrons. The first-order chi connectivity index (χ1) is 9.60. The van der Waals surface area contributed by atoms with Crippen molar-refractivity contribution in [3.05, 3.63) is 38.9 Å². The summed E-state index contributed by atoms with van der Waals surface area (Å²) in [7, 11) is 0. The number of nitrogens with zero attached hydrogens (tertiary/aromatic N) is 2. The Morgan fingerprint density at radius 3 is 2.90 bits per heavy atom. The van der Waals surface area contributed by atoms with Gasteiger partial charge in [0.1, 0.15) is 0 Å². The van der Waals surface area contributed by atoms with Crippen molar-refractivity contribution < 1.29 is 4.92 Å². The molecule has 1 atom stereocenters. The van der Waals surface area contributed by atoms with Crippen molar-refractivity contribution in [2.45, 2.75) is 39.2 Å². The van der Waals surface area contributed by atoms with E-state index in [1.165, 1.54) is 31.7 Å². The predicted octanol–water partition coefficient (Wildman–Crippen LogP) is 4.26. The minimum absolute atomic E-state index is 0.116. The maximum absolute atomic E-state index is 10.8. The summed E-state index contributed by atoms with van der Waals surface area (Å²) >= 11 is 6.17. The van der Waals surface area contributed by atoms with E-state index in [0.29, 0.717) is 11.6 Å². The minimum Gasteiger partial charge on any atom is -0.299 e. The molecule has 1 unspecified atom stereocenters. The van der Waals surface area contributed by atoms with Crippen LogP contribution in [0, 0.1) is 16.0 Å². The highest BCUT2D eigenvalue weighted by Crippen LogP contribution is 2.26. The van der Waals surface area contributed by atoms with Crippen molar-refractivity contribution >= 4 is 17.3 Å². The van der Waals surface area contributed by atoms with Crippen LogP contribution in [0.15, 0.2) is 18.2 Å². The van der Waals surface area contributed by atoms with Gasteiger partial charge in [-0.2, -0.15) is 0 Å². The number of rotatable bonds is 4. The quantitative estimate of drug-likeness (QED) is 0.616. The van der Waals surface area contributed by atoms with Gasteiger partial charge in [-0.1, -0.05) is 24.9 Å². The number of nitro benzene ring substituents is 1. The van der Waals surface area contributed by atoms with Gasteiger partial charge in [0.15, 0.2) is 0 Å². The van der Waals surface area contributed by atoms with Crippen LogP contribution in [-0.4, -0.2) is 22.9 Å². The molecule has 0 amide bonds. The third-order valence-corrected chi connectivity index (χ3v) is 4.52. The summed E-state index contributed by atoms with van der Waals surface area (Å²) in [4.78, 5) is 12.8. The molecule has 1 fully saturated rings. The molecule has 1 heterocycles. The van der Waals surface area contributed by atoms with E-state index in [-0.39, 0.29) is 10.6 Å². The average Bonchev–Trinajstić information content (AvgIpc) is 2.66. The van der Waals surface area contributed by atoms with Gasteiger partial charge in [-0.15, -0.1) is 0 Å². The molecule has 0 aromatic heterocycles. The largest absolute Gasteiger partial charge is 0.299 e. The molecule has 0 radical (unpaired) electrons. The zero-order valence-electron chi connectivity index (χ0n) is 11.8. The standard InChI is InChI=1S/C15H21ClN2O2/c1-2-12-4-3-8-17(9-7-12)11-13-10-14(18(19)20)5-6-15(13)16/h5-6,10,12H,2-4,7-9,11H2,1H3. The third kappa shape index (κ3) is 3.93. The molecule has 0 saturated carbocycles. The Labute approximate surface area is 124 Å². The Morgan fingerprint density at radius 2 is 2.20 bits per heavy atom. The van der Waals surface area contributed by atoms with Crippen LogP contribution in [0.25, 0.3) is 0 Å². The first kappa shape index (κ1) is 15.3. The summed E-state index contributed by atoms with van der Waals surface area (Å²) in [6.07, 6.45) is 4.94. The second-order valence-corrected chi connectivity index (χ2v) is 5.92. The van der Waals surface area contributed by atoms with Gasteiger partial charge in [0.25, 0.3) is 5.69 Å². The van der Waals surface area contributed by atoms with Crippen molar-refractivity contribution in [3.8, 4) is 0 Å². The molecular weight excluding hydrogens is 276 g/mol. The molecule has 0 N–H and O–H groups in total. The summed E-state index contributed by atoms with van der Waals surface area (Å²) < 4.78 is 0. The molecular formula is C15H21ClN2O2. The van der Waals surface area contributed by atoms with Crippen LogP contribution >= 0.6 is 11.6 Å². The predicted molar refractivity (Wildman–Crippen MR) is 81.0 cm³/mol. The van der Waals surface area contributed by atoms with Crippen molar-refractivity contribution in [2.75, 3.05) is 13.1 Å². The van der Waals surface area contributed by atoms with Gasteiger partial charge in [-0.3, -0.25) is 15.0 Å². The summed E-state index contributed by atoms with van der Waals surface area (Å²) in [5, 5.41) is 11.5. The smallest absolute Gasteiger partial charge is 0.269 e. The van der Waals surface area contributed by atoms with E-state index < -0.39 is 0 Å². The fraction of sp³-hybridized carbons (Fsp3) is 0.600. The lowest BCUT2D eigenvalue weighted by atomic mass is 9.98. The first-order valence-corrected chi connectivity index (χ1v) is 7.63. The topological polar surface area (TPSA) is 46.4 Å². The molecule has 2 rings (SSSR count). The van der Waals surface area contributed by atoms with Crippen LogP contribution in [0.2, 0.25) is 5.02 Å². The monoisotopic (exact) mass is 296 g/mol. The summed E-state index contributed by atoms with van der Waals surface area (Å²) in [6.45, 7) is 5.06. The lowest BCUT2D eigenvalue weighted by molar-refractivity contribution is -0.384. The minimum atomic E-state index is -0.366. The summed E-state index contributed by atoms with van der Waals surface area (Å²) in [5.74, 6) is 0.820. The van der Waals surface area contributed by atoms with Gasteiger partial charge < -0.3 is 0 Å². The average molecular weight is 297 g/mol. The lowest BCUT2D eigenvalue weighted by Crippen LogP contribution is -2.24. The molecule has 5 heteroatoms. The highest BCUT2D eigenvalue weighted by molar-refractivity contribution is 6.31. The van der Waals surface area contributed by atoms with Crippen molar-refractivity contribution in [2.24, 2.45) is 5.92 Å². The molecule has 20 heavy (non-hydrogen) atoms. The number of halogens is 1. The molecule has 1 aliphatic heterocycles. The Hall–Kier alpha value is -1.13. The van der Waals surface area contributed by atoms with E-state index in [1.54, 1.807) is 12.1 Å². The first-order valence-electron chi connectivity index (χ1n) is 7.25. The van der Waals surface area contributed by atoms with Crippen molar-refractivity contribution in [3.63, 3.8) is 0 Å². The molecule has 1 aromatic carbocycles. The van der Waals surface area contributed by atoms with Crippen LogP contribution < -0.4 is 0 Å². The Balaban J connectivity index is 2.05. The van der Waals surface area contributed by atoms with Gasteiger partial charge in [0.05, 0.1) is 4.92 Å². The summed E-state index contributed by atoms with van der Waals surface area (Å²) in [6, 6.07) is 4.69. The van der Waals surface area contributed by atoms with E-state index in [0.717, 1.165) is 24.6 Å². The number of hydrogen-bond donors (Lipinski definition) is 0. The normalized spacial score (nSPS) is 20.6. The molecule has 0 aliphatic carbocycles. The molecule has 0 bridgehead atoms. The van der Waals surface area contributed by atoms with E-state index in [1.807, 2.05) is 0 Å². The summed E-state index contributed by atoms with van der Waals surface area (Å²) in [5.41, 5.74) is 0.974. The number of non-ortho nitro benzene ring substituents is 1. The Morgan fingerprint density at radius 1 is 1.40 bits per heavy atom. The molecule has 0 spiro atoms. The number of nitro groups is 1. The van der Waals surface area contributed by atoms with Gasteiger partial charge in [0.2, 0.25) is 0 Å². The third-order valence-electron chi connectivity index (χ3n) is 4.15. The lowest BCUT2D eigenvalue weighted by Gasteiger charge is -2.20.